The molecule has 1 aromatic heterocycles. The first-order valence-corrected chi connectivity index (χ1v) is 5.20. The van der Waals surface area contributed by atoms with Crippen LogP contribution in [-0.2, 0) is 0 Å². The van der Waals surface area contributed by atoms with Gasteiger partial charge in [-0.3, -0.25) is 9.78 Å². The third kappa shape index (κ3) is 1.89. The Morgan fingerprint density at radius 1 is 1.27 bits per heavy atom. The van der Waals surface area contributed by atoms with E-state index in [9.17, 15) is 4.79 Å². The van der Waals surface area contributed by atoms with Gasteiger partial charge in [0.25, 0.3) is 0 Å². The van der Waals surface area contributed by atoms with Crippen molar-refractivity contribution in [1.29, 1.82) is 0 Å². The summed E-state index contributed by atoms with van der Waals surface area (Å²) in [6, 6.07) is 9.56. The Labute approximate surface area is 89.0 Å². The molecule has 0 fully saturated rings. The number of aromatic nitrogens is 1. The van der Waals surface area contributed by atoms with Gasteiger partial charge in [0, 0.05) is 23.6 Å². The minimum absolute atomic E-state index is 0.205. The van der Waals surface area contributed by atoms with E-state index in [0.29, 0.717) is 6.42 Å². The molecule has 0 bridgehead atoms. The van der Waals surface area contributed by atoms with Crippen LogP contribution in [0.25, 0.3) is 10.9 Å². The molecule has 0 amide bonds. The molecular weight excluding hydrogens is 186 g/mol. The Balaban J connectivity index is 2.56. The molecule has 0 saturated carbocycles. The summed E-state index contributed by atoms with van der Waals surface area (Å²) < 4.78 is 0. The van der Waals surface area contributed by atoms with E-state index in [4.69, 9.17) is 0 Å². The van der Waals surface area contributed by atoms with Crippen LogP contribution in [0.5, 0.6) is 0 Å². The molecule has 76 valence electrons. The highest BCUT2D eigenvalue weighted by molar-refractivity contribution is 6.07. The second-order valence-electron chi connectivity index (χ2n) is 3.55. The lowest BCUT2D eigenvalue weighted by Crippen LogP contribution is -1.99. The lowest BCUT2D eigenvalue weighted by molar-refractivity contribution is 0.0983. The molecule has 15 heavy (non-hydrogen) atoms. The summed E-state index contributed by atoms with van der Waals surface area (Å²) >= 11 is 0. The number of hydrogen-bond acceptors (Lipinski definition) is 2. The Hall–Kier alpha value is -1.70. The molecule has 0 aliphatic carbocycles. The predicted octanol–water partition coefficient (Wildman–Crippen LogP) is 3.22. The third-order valence-corrected chi connectivity index (χ3v) is 2.43. The van der Waals surface area contributed by atoms with Crippen molar-refractivity contribution in [2.75, 3.05) is 0 Å². The molecule has 2 nitrogen and oxygen atoms in total. The van der Waals surface area contributed by atoms with E-state index in [1.807, 2.05) is 31.2 Å². The molecule has 0 N–H and O–H groups in total. The monoisotopic (exact) mass is 199 g/mol. The number of nitrogens with zero attached hydrogens (tertiary/aromatic N) is 1. The quantitative estimate of drug-likeness (QED) is 0.710. The van der Waals surface area contributed by atoms with Gasteiger partial charge < -0.3 is 0 Å². The molecule has 0 atom stereocenters. The molecule has 0 aliphatic heterocycles. The summed E-state index contributed by atoms with van der Waals surface area (Å²) in [6.45, 7) is 2.02. The van der Waals surface area contributed by atoms with Crippen molar-refractivity contribution in [3.05, 3.63) is 42.1 Å². The summed E-state index contributed by atoms with van der Waals surface area (Å²) in [7, 11) is 0. The van der Waals surface area contributed by atoms with Crippen LogP contribution in [0.4, 0.5) is 0 Å². The van der Waals surface area contributed by atoms with Gasteiger partial charge in [0.1, 0.15) is 0 Å². The van der Waals surface area contributed by atoms with Crippen LogP contribution >= 0.6 is 0 Å². The van der Waals surface area contributed by atoms with E-state index < -0.39 is 0 Å². The minimum Gasteiger partial charge on any atom is -0.294 e. The number of rotatable bonds is 3. The van der Waals surface area contributed by atoms with Crippen LogP contribution in [0.3, 0.4) is 0 Å². The smallest absolute Gasteiger partial charge is 0.163 e. The number of pyridine rings is 1. The molecule has 0 saturated heterocycles. The van der Waals surface area contributed by atoms with Gasteiger partial charge in [-0.2, -0.15) is 0 Å². The fourth-order valence-corrected chi connectivity index (χ4v) is 1.70. The van der Waals surface area contributed by atoms with Crippen LogP contribution in [0.2, 0.25) is 0 Å². The minimum atomic E-state index is 0.205. The van der Waals surface area contributed by atoms with Crippen molar-refractivity contribution < 1.29 is 4.79 Å². The Kier molecular flexibility index (Phi) is 2.77. The molecule has 1 aromatic carbocycles. The van der Waals surface area contributed by atoms with Crippen LogP contribution in [-0.4, -0.2) is 10.8 Å². The molecule has 0 radical (unpaired) electrons. The van der Waals surface area contributed by atoms with Gasteiger partial charge in [0.05, 0.1) is 5.52 Å². The van der Waals surface area contributed by atoms with Gasteiger partial charge in [-0.15, -0.1) is 0 Å². The van der Waals surface area contributed by atoms with Crippen LogP contribution in [0.1, 0.15) is 30.1 Å². The molecule has 2 rings (SSSR count). The predicted molar refractivity (Wildman–Crippen MR) is 61.0 cm³/mol. The van der Waals surface area contributed by atoms with Crippen molar-refractivity contribution in [3.8, 4) is 0 Å². The molecule has 0 unspecified atom stereocenters. The van der Waals surface area contributed by atoms with Crippen molar-refractivity contribution in [3.63, 3.8) is 0 Å². The maximum Gasteiger partial charge on any atom is 0.163 e. The maximum atomic E-state index is 11.8. The van der Waals surface area contributed by atoms with Crippen LogP contribution in [0, 0.1) is 0 Å². The number of carbonyl (C=O) groups excluding carboxylic acids is 1. The zero-order valence-electron chi connectivity index (χ0n) is 8.73. The largest absolute Gasteiger partial charge is 0.294 e. The van der Waals surface area contributed by atoms with Gasteiger partial charge in [-0.25, -0.2) is 0 Å². The maximum absolute atomic E-state index is 11.8. The van der Waals surface area contributed by atoms with E-state index in [2.05, 4.69) is 4.98 Å². The number of Topliss-reactive ketones (excluding diaryl/α,β-unsaturated/α-hetero) is 1. The average molecular weight is 199 g/mol. The van der Waals surface area contributed by atoms with Crippen molar-refractivity contribution in [1.82, 2.24) is 4.98 Å². The first-order valence-electron chi connectivity index (χ1n) is 5.20. The summed E-state index contributed by atoms with van der Waals surface area (Å²) in [5.74, 6) is 0.205. The van der Waals surface area contributed by atoms with Crippen molar-refractivity contribution in [2.24, 2.45) is 0 Å². The number of carbonyl (C=O) groups is 1. The van der Waals surface area contributed by atoms with E-state index in [1.165, 1.54) is 0 Å². The van der Waals surface area contributed by atoms with Gasteiger partial charge in [0.2, 0.25) is 0 Å². The highest BCUT2D eigenvalue weighted by atomic mass is 16.1. The number of hydrogen-bond donors (Lipinski definition) is 0. The SMILES string of the molecule is CCCC(=O)c1ccnc2ccccc12. The highest BCUT2D eigenvalue weighted by Crippen LogP contribution is 2.17. The molecular formula is C13H13NO. The summed E-state index contributed by atoms with van der Waals surface area (Å²) in [6.07, 6.45) is 3.19. The molecule has 2 aromatic rings. The van der Waals surface area contributed by atoms with Gasteiger partial charge >= 0.3 is 0 Å². The van der Waals surface area contributed by atoms with Gasteiger partial charge in [-0.1, -0.05) is 25.1 Å². The second-order valence-corrected chi connectivity index (χ2v) is 3.55. The first-order chi connectivity index (χ1) is 7.33. The lowest BCUT2D eigenvalue weighted by atomic mass is 10.0. The summed E-state index contributed by atoms with van der Waals surface area (Å²) in [5, 5.41) is 0.957. The molecule has 0 aliphatic rings. The normalized spacial score (nSPS) is 10.5. The molecule has 0 spiro atoms. The van der Waals surface area contributed by atoms with Gasteiger partial charge in [-0.05, 0) is 18.6 Å². The van der Waals surface area contributed by atoms with Crippen LogP contribution in [0.15, 0.2) is 36.5 Å². The summed E-state index contributed by atoms with van der Waals surface area (Å²) in [5.41, 5.74) is 1.68. The van der Waals surface area contributed by atoms with Crippen molar-refractivity contribution >= 4 is 16.7 Å². The van der Waals surface area contributed by atoms with E-state index in [-0.39, 0.29) is 5.78 Å². The third-order valence-electron chi connectivity index (χ3n) is 2.43. The topological polar surface area (TPSA) is 30.0 Å². The Morgan fingerprint density at radius 2 is 2.07 bits per heavy atom. The number of benzene rings is 1. The number of para-hydroxylation sites is 1. The van der Waals surface area contributed by atoms with E-state index in [0.717, 1.165) is 22.9 Å². The molecule has 1 heterocycles. The van der Waals surface area contributed by atoms with E-state index >= 15 is 0 Å². The Bertz CT molecular complexity index is 485. The average Bonchev–Trinajstić information content (AvgIpc) is 2.28. The fraction of sp³-hybridized carbons (Fsp3) is 0.231. The zero-order chi connectivity index (χ0) is 10.7. The van der Waals surface area contributed by atoms with Crippen molar-refractivity contribution in [2.45, 2.75) is 19.8 Å². The molecule has 2 heteroatoms. The second kappa shape index (κ2) is 4.22. The number of ketones is 1. The summed E-state index contributed by atoms with van der Waals surface area (Å²) in [4.78, 5) is 16.1. The lowest BCUT2D eigenvalue weighted by Gasteiger charge is -2.03. The van der Waals surface area contributed by atoms with Gasteiger partial charge in [0.15, 0.2) is 5.78 Å². The van der Waals surface area contributed by atoms with Crippen LogP contribution < -0.4 is 0 Å². The highest BCUT2D eigenvalue weighted by Gasteiger charge is 2.08. The zero-order valence-corrected chi connectivity index (χ0v) is 8.73. The fourth-order valence-electron chi connectivity index (χ4n) is 1.70. The first kappa shape index (κ1) is 9.84. The Morgan fingerprint density at radius 3 is 2.87 bits per heavy atom. The standard InChI is InChI=1S/C13H13NO/c1-2-5-13(15)11-8-9-14-12-7-4-3-6-10(11)12/h3-4,6-9H,2,5H2,1H3. The van der Waals surface area contributed by atoms with E-state index in [1.54, 1.807) is 12.3 Å². The number of fused-ring (bicyclic) bond motifs is 1.